The van der Waals surface area contributed by atoms with E-state index in [4.69, 9.17) is 11.6 Å². The molecule has 0 radical (unpaired) electrons. The Balaban J connectivity index is 2.57. The fourth-order valence-corrected chi connectivity index (χ4v) is 1.93. The van der Waals surface area contributed by atoms with Crippen LogP contribution in [-0.4, -0.2) is 24.9 Å². The predicted molar refractivity (Wildman–Crippen MR) is 82.0 cm³/mol. The number of halogens is 1. The summed E-state index contributed by atoms with van der Waals surface area (Å²) in [6, 6.07) is 6.86. The number of carbonyl (C=O) groups excluding carboxylic acids is 2. The first kappa shape index (κ1) is 16.5. The number of carbonyl (C=O) groups is 2. The average molecular weight is 297 g/mol. The Morgan fingerprint density at radius 1 is 1.20 bits per heavy atom. The maximum absolute atomic E-state index is 11.8. The van der Waals surface area contributed by atoms with Crippen LogP contribution in [0.5, 0.6) is 0 Å². The van der Waals surface area contributed by atoms with Gasteiger partial charge in [-0.1, -0.05) is 31.4 Å². The van der Waals surface area contributed by atoms with Gasteiger partial charge >= 0.3 is 0 Å². The lowest BCUT2D eigenvalue weighted by molar-refractivity contribution is -0.123. The molecule has 1 rings (SSSR count). The van der Waals surface area contributed by atoms with Crippen molar-refractivity contribution in [3.8, 4) is 0 Å². The molecule has 20 heavy (non-hydrogen) atoms. The van der Waals surface area contributed by atoms with Gasteiger partial charge in [0, 0.05) is 24.2 Å². The second-order valence-corrected chi connectivity index (χ2v) is 5.08. The first-order valence-electron chi connectivity index (χ1n) is 6.85. The largest absolute Gasteiger partial charge is 0.355 e. The smallest absolute Gasteiger partial charge is 0.240 e. The van der Waals surface area contributed by atoms with Crippen molar-refractivity contribution >= 4 is 29.1 Å². The Morgan fingerprint density at radius 3 is 2.40 bits per heavy atom. The monoisotopic (exact) mass is 296 g/mol. The second kappa shape index (κ2) is 8.59. The lowest BCUT2D eigenvalue weighted by Gasteiger charge is -2.20. The van der Waals surface area contributed by atoms with Gasteiger partial charge in [0.25, 0.3) is 0 Å². The van der Waals surface area contributed by atoms with E-state index in [-0.39, 0.29) is 18.4 Å². The highest BCUT2D eigenvalue weighted by Gasteiger charge is 2.15. The van der Waals surface area contributed by atoms with Crippen LogP contribution in [0.3, 0.4) is 0 Å². The van der Waals surface area contributed by atoms with Gasteiger partial charge in [0.05, 0.1) is 0 Å². The zero-order valence-corrected chi connectivity index (χ0v) is 12.7. The molecule has 0 fully saturated rings. The first-order chi connectivity index (χ1) is 9.54. The Hall–Kier alpha value is -1.55. The van der Waals surface area contributed by atoms with E-state index >= 15 is 0 Å². The molecule has 0 unspecified atom stereocenters. The van der Waals surface area contributed by atoms with Crippen molar-refractivity contribution in [2.24, 2.45) is 0 Å². The molecule has 110 valence electrons. The summed E-state index contributed by atoms with van der Waals surface area (Å²) >= 11 is 5.82. The van der Waals surface area contributed by atoms with Gasteiger partial charge in [-0.15, -0.1) is 0 Å². The minimum atomic E-state index is -0.170. The van der Waals surface area contributed by atoms with Gasteiger partial charge in [-0.05, 0) is 30.7 Å². The van der Waals surface area contributed by atoms with E-state index in [2.05, 4.69) is 12.2 Å². The standard InChI is InChI=1S/C15H21ClN2O2/c1-3-4-5-10-17-15(20)11-18(12(2)19)14-8-6-13(16)7-9-14/h6-9H,3-5,10-11H2,1-2H3,(H,17,20). The Bertz CT molecular complexity index is 446. The summed E-state index contributed by atoms with van der Waals surface area (Å²) < 4.78 is 0. The summed E-state index contributed by atoms with van der Waals surface area (Å²) in [5.74, 6) is -0.317. The summed E-state index contributed by atoms with van der Waals surface area (Å²) in [5, 5.41) is 3.42. The van der Waals surface area contributed by atoms with Crippen LogP contribution in [0.1, 0.15) is 33.1 Å². The molecule has 4 nitrogen and oxygen atoms in total. The van der Waals surface area contributed by atoms with E-state index in [0.717, 1.165) is 19.3 Å². The Kier molecular flexibility index (Phi) is 7.09. The zero-order valence-electron chi connectivity index (χ0n) is 12.0. The van der Waals surface area contributed by atoms with Gasteiger partial charge in [-0.2, -0.15) is 0 Å². The number of rotatable bonds is 7. The SMILES string of the molecule is CCCCCNC(=O)CN(C(C)=O)c1ccc(Cl)cc1. The molecule has 0 aliphatic rings. The molecule has 2 amide bonds. The van der Waals surface area contributed by atoms with E-state index in [9.17, 15) is 9.59 Å². The van der Waals surface area contributed by atoms with Crippen LogP contribution in [0.15, 0.2) is 24.3 Å². The van der Waals surface area contributed by atoms with Crippen LogP contribution < -0.4 is 10.2 Å². The van der Waals surface area contributed by atoms with Crippen LogP contribution in [0, 0.1) is 0 Å². The van der Waals surface area contributed by atoms with Crippen LogP contribution in [0.4, 0.5) is 5.69 Å². The van der Waals surface area contributed by atoms with Crippen LogP contribution in [0.25, 0.3) is 0 Å². The molecule has 1 N–H and O–H groups in total. The lowest BCUT2D eigenvalue weighted by atomic mass is 10.2. The quantitative estimate of drug-likeness (QED) is 0.786. The van der Waals surface area contributed by atoms with Crippen LogP contribution >= 0.6 is 11.6 Å². The Morgan fingerprint density at radius 2 is 1.85 bits per heavy atom. The molecule has 0 heterocycles. The van der Waals surface area contributed by atoms with Crippen molar-refractivity contribution in [2.45, 2.75) is 33.1 Å². The molecule has 5 heteroatoms. The number of hydrogen-bond donors (Lipinski definition) is 1. The second-order valence-electron chi connectivity index (χ2n) is 4.64. The highest BCUT2D eigenvalue weighted by Crippen LogP contribution is 2.17. The number of anilines is 1. The minimum absolute atomic E-state index is 0.0308. The summed E-state index contributed by atoms with van der Waals surface area (Å²) in [6.45, 7) is 4.24. The van der Waals surface area contributed by atoms with Crippen LogP contribution in [0.2, 0.25) is 5.02 Å². The molecule has 0 aliphatic heterocycles. The average Bonchev–Trinajstić information content (AvgIpc) is 2.42. The molecule has 1 aromatic rings. The molecular weight excluding hydrogens is 276 g/mol. The maximum atomic E-state index is 11.8. The van der Waals surface area contributed by atoms with Gasteiger partial charge in [0.2, 0.25) is 11.8 Å². The third-order valence-electron chi connectivity index (χ3n) is 2.92. The maximum Gasteiger partial charge on any atom is 0.240 e. The topological polar surface area (TPSA) is 49.4 Å². The molecule has 0 saturated heterocycles. The van der Waals surface area contributed by atoms with Crippen molar-refractivity contribution in [2.75, 3.05) is 18.0 Å². The molecule has 0 aromatic heterocycles. The highest BCUT2D eigenvalue weighted by atomic mass is 35.5. The molecule has 0 atom stereocenters. The summed E-state index contributed by atoms with van der Waals surface area (Å²) in [4.78, 5) is 24.9. The minimum Gasteiger partial charge on any atom is -0.355 e. The lowest BCUT2D eigenvalue weighted by Crippen LogP contribution is -2.40. The van der Waals surface area contributed by atoms with Crippen molar-refractivity contribution in [3.05, 3.63) is 29.3 Å². The summed E-state index contributed by atoms with van der Waals surface area (Å²) in [7, 11) is 0. The van der Waals surface area contributed by atoms with E-state index in [0.29, 0.717) is 17.3 Å². The molecule has 0 spiro atoms. The molecule has 0 bridgehead atoms. The first-order valence-corrected chi connectivity index (χ1v) is 7.22. The van der Waals surface area contributed by atoms with Gasteiger partial charge in [-0.25, -0.2) is 0 Å². The normalized spacial score (nSPS) is 10.2. The van der Waals surface area contributed by atoms with Gasteiger partial charge in [-0.3, -0.25) is 9.59 Å². The summed E-state index contributed by atoms with van der Waals surface area (Å²) in [6.07, 6.45) is 3.16. The van der Waals surface area contributed by atoms with Crippen molar-refractivity contribution < 1.29 is 9.59 Å². The summed E-state index contributed by atoms with van der Waals surface area (Å²) in [5.41, 5.74) is 0.672. The van der Waals surface area contributed by atoms with Crippen molar-refractivity contribution in [1.82, 2.24) is 5.32 Å². The van der Waals surface area contributed by atoms with Gasteiger partial charge in [0.15, 0.2) is 0 Å². The molecule has 0 aliphatic carbocycles. The van der Waals surface area contributed by atoms with E-state index in [1.54, 1.807) is 24.3 Å². The third-order valence-corrected chi connectivity index (χ3v) is 3.17. The number of nitrogens with one attached hydrogen (secondary N) is 1. The molecule has 1 aromatic carbocycles. The highest BCUT2D eigenvalue weighted by molar-refractivity contribution is 6.30. The van der Waals surface area contributed by atoms with Gasteiger partial charge < -0.3 is 10.2 Å². The number of unbranched alkanes of at least 4 members (excludes halogenated alkanes) is 2. The van der Waals surface area contributed by atoms with E-state index in [1.807, 2.05) is 0 Å². The van der Waals surface area contributed by atoms with Crippen molar-refractivity contribution in [1.29, 1.82) is 0 Å². The number of nitrogens with zero attached hydrogens (tertiary/aromatic N) is 1. The number of benzene rings is 1. The van der Waals surface area contributed by atoms with Gasteiger partial charge in [0.1, 0.15) is 6.54 Å². The van der Waals surface area contributed by atoms with Crippen molar-refractivity contribution in [3.63, 3.8) is 0 Å². The number of amides is 2. The van der Waals surface area contributed by atoms with Crippen LogP contribution in [-0.2, 0) is 9.59 Å². The predicted octanol–water partition coefficient (Wildman–Crippen LogP) is 3.00. The van der Waals surface area contributed by atoms with E-state index < -0.39 is 0 Å². The molecule has 0 saturated carbocycles. The fraction of sp³-hybridized carbons (Fsp3) is 0.467. The third kappa shape index (κ3) is 5.61. The molecular formula is C15H21ClN2O2. The zero-order chi connectivity index (χ0) is 15.0. The Labute approximate surface area is 125 Å². The number of hydrogen-bond acceptors (Lipinski definition) is 2. The fourth-order valence-electron chi connectivity index (χ4n) is 1.81. The van der Waals surface area contributed by atoms with E-state index in [1.165, 1.54) is 11.8 Å².